The van der Waals surface area contributed by atoms with Gasteiger partial charge in [0.05, 0.1) is 6.61 Å². The number of hydrogen-bond donors (Lipinski definition) is 1. The largest absolute Gasteiger partial charge is 0.438 e. The third-order valence-electron chi connectivity index (χ3n) is 2.35. The van der Waals surface area contributed by atoms with E-state index in [0.717, 1.165) is 5.56 Å². The Hall–Kier alpha value is -2.54. The monoisotopic (exact) mass is 243 g/mol. The number of tetrazole rings is 1. The van der Waals surface area contributed by atoms with Crippen molar-refractivity contribution in [3.63, 3.8) is 0 Å². The van der Waals surface area contributed by atoms with Crippen molar-refractivity contribution in [1.82, 2.24) is 25.3 Å². The summed E-state index contributed by atoms with van der Waals surface area (Å²) >= 11 is 0. The average molecular weight is 243 g/mol. The van der Waals surface area contributed by atoms with Crippen molar-refractivity contribution in [2.75, 3.05) is 0 Å². The molecule has 0 fully saturated rings. The minimum atomic E-state index is -0.0311. The molecule has 0 spiro atoms. The van der Waals surface area contributed by atoms with E-state index in [4.69, 9.17) is 9.84 Å². The van der Waals surface area contributed by atoms with Crippen LogP contribution in [0.4, 0.5) is 0 Å². The van der Waals surface area contributed by atoms with Crippen LogP contribution >= 0.6 is 0 Å². The predicted molar refractivity (Wildman–Crippen MR) is 61.0 cm³/mol. The molecule has 0 bridgehead atoms. The van der Waals surface area contributed by atoms with Gasteiger partial charge in [-0.3, -0.25) is 0 Å². The summed E-state index contributed by atoms with van der Waals surface area (Å²) in [6.07, 6.45) is 0. The standard InChI is InChI=1S/C11H9N5O2/c17-7-8-2-1-3-9(6-8)18-11-5-4-10-12-14-15-16(10)13-11/h1-6,17H,7H2. The third-order valence-corrected chi connectivity index (χ3v) is 2.35. The number of hydrogen-bond acceptors (Lipinski definition) is 6. The van der Waals surface area contributed by atoms with E-state index < -0.39 is 0 Å². The first-order valence-electron chi connectivity index (χ1n) is 5.28. The topological polar surface area (TPSA) is 85.4 Å². The van der Waals surface area contributed by atoms with E-state index in [1.54, 1.807) is 30.3 Å². The van der Waals surface area contributed by atoms with Crippen molar-refractivity contribution >= 4 is 5.65 Å². The first-order valence-corrected chi connectivity index (χ1v) is 5.28. The van der Waals surface area contributed by atoms with Crippen molar-refractivity contribution in [2.24, 2.45) is 0 Å². The zero-order chi connectivity index (χ0) is 12.4. The zero-order valence-electron chi connectivity index (χ0n) is 9.26. The van der Waals surface area contributed by atoms with E-state index in [-0.39, 0.29) is 6.61 Å². The Balaban J connectivity index is 1.90. The highest BCUT2D eigenvalue weighted by Crippen LogP contribution is 2.20. The minimum absolute atomic E-state index is 0.0311. The molecule has 1 aromatic carbocycles. The first-order chi connectivity index (χ1) is 8.85. The van der Waals surface area contributed by atoms with Gasteiger partial charge in [-0.1, -0.05) is 12.1 Å². The lowest BCUT2D eigenvalue weighted by Gasteiger charge is -2.05. The van der Waals surface area contributed by atoms with Gasteiger partial charge in [0.25, 0.3) is 0 Å². The fourth-order valence-corrected chi connectivity index (χ4v) is 1.52. The van der Waals surface area contributed by atoms with Crippen LogP contribution in [-0.4, -0.2) is 30.4 Å². The second kappa shape index (κ2) is 4.38. The van der Waals surface area contributed by atoms with Crippen molar-refractivity contribution < 1.29 is 9.84 Å². The molecular formula is C11H9N5O2. The molecule has 3 aromatic rings. The van der Waals surface area contributed by atoms with Gasteiger partial charge in [0.1, 0.15) is 5.75 Å². The number of nitrogens with zero attached hydrogens (tertiary/aromatic N) is 5. The van der Waals surface area contributed by atoms with Crippen LogP contribution < -0.4 is 4.74 Å². The minimum Gasteiger partial charge on any atom is -0.438 e. The number of aliphatic hydroxyl groups is 1. The van der Waals surface area contributed by atoms with Gasteiger partial charge < -0.3 is 9.84 Å². The van der Waals surface area contributed by atoms with Gasteiger partial charge in [-0.2, -0.15) is 0 Å². The molecule has 0 atom stereocenters. The zero-order valence-corrected chi connectivity index (χ0v) is 9.26. The Morgan fingerprint density at radius 2 is 2.17 bits per heavy atom. The summed E-state index contributed by atoms with van der Waals surface area (Å²) in [5.74, 6) is 0.978. The maximum absolute atomic E-state index is 9.04. The molecule has 2 aromatic heterocycles. The van der Waals surface area contributed by atoms with Crippen molar-refractivity contribution in [1.29, 1.82) is 0 Å². The molecular weight excluding hydrogens is 234 g/mol. The Bertz CT molecular complexity index is 682. The summed E-state index contributed by atoms with van der Waals surface area (Å²) < 4.78 is 6.84. The van der Waals surface area contributed by atoms with Gasteiger partial charge in [0.15, 0.2) is 5.65 Å². The second-order valence-electron chi connectivity index (χ2n) is 3.61. The van der Waals surface area contributed by atoms with E-state index in [1.807, 2.05) is 6.07 Å². The first kappa shape index (κ1) is 10.6. The number of aromatic nitrogens is 5. The summed E-state index contributed by atoms with van der Waals surface area (Å²) in [4.78, 5) is 0. The highest BCUT2D eigenvalue weighted by molar-refractivity contribution is 5.36. The maximum atomic E-state index is 9.04. The molecule has 0 aliphatic carbocycles. The lowest BCUT2D eigenvalue weighted by Crippen LogP contribution is -1.97. The fraction of sp³-hybridized carbons (Fsp3) is 0.0909. The van der Waals surface area contributed by atoms with E-state index in [1.165, 1.54) is 4.63 Å². The van der Waals surface area contributed by atoms with Gasteiger partial charge >= 0.3 is 0 Å². The second-order valence-corrected chi connectivity index (χ2v) is 3.61. The van der Waals surface area contributed by atoms with E-state index >= 15 is 0 Å². The van der Waals surface area contributed by atoms with Gasteiger partial charge in [-0.25, -0.2) is 0 Å². The molecule has 3 rings (SSSR count). The third kappa shape index (κ3) is 1.98. The SMILES string of the molecule is OCc1cccc(Oc2ccc3nnnn3n2)c1. The summed E-state index contributed by atoms with van der Waals surface area (Å²) in [6.45, 7) is -0.0311. The maximum Gasteiger partial charge on any atom is 0.239 e. The van der Waals surface area contributed by atoms with Crippen LogP contribution in [0, 0.1) is 0 Å². The molecule has 1 N–H and O–H groups in total. The molecule has 18 heavy (non-hydrogen) atoms. The van der Waals surface area contributed by atoms with Crippen LogP contribution in [0.15, 0.2) is 36.4 Å². The Labute approximate surface area is 102 Å². The summed E-state index contributed by atoms with van der Waals surface area (Å²) in [6, 6.07) is 10.5. The molecule has 0 radical (unpaired) electrons. The lowest BCUT2D eigenvalue weighted by atomic mass is 10.2. The summed E-state index contributed by atoms with van der Waals surface area (Å²) in [5.41, 5.74) is 1.32. The van der Waals surface area contributed by atoms with Crippen LogP contribution in [0.2, 0.25) is 0 Å². The Kier molecular flexibility index (Phi) is 2.58. The van der Waals surface area contributed by atoms with Crippen molar-refractivity contribution in [3.05, 3.63) is 42.0 Å². The van der Waals surface area contributed by atoms with E-state index in [0.29, 0.717) is 17.3 Å². The Morgan fingerprint density at radius 1 is 1.22 bits per heavy atom. The number of fused-ring (bicyclic) bond motifs is 1. The molecule has 0 aliphatic rings. The molecule has 0 amide bonds. The normalized spacial score (nSPS) is 10.7. The molecule has 0 saturated carbocycles. The average Bonchev–Trinajstić information content (AvgIpc) is 2.86. The fourth-order valence-electron chi connectivity index (χ4n) is 1.52. The van der Waals surface area contributed by atoms with E-state index in [9.17, 15) is 0 Å². The molecule has 2 heterocycles. The van der Waals surface area contributed by atoms with Crippen LogP contribution in [-0.2, 0) is 6.61 Å². The summed E-state index contributed by atoms with van der Waals surface area (Å²) in [7, 11) is 0. The van der Waals surface area contributed by atoms with E-state index in [2.05, 4.69) is 20.6 Å². The van der Waals surface area contributed by atoms with Crippen molar-refractivity contribution in [2.45, 2.75) is 6.61 Å². The highest BCUT2D eigenvalue weighted by atomic mass is 16.5. The molecule has 7 nitrogen and oxygen atoms in total. The van der Waals surface area contributed by atoms with Crippen LogP contribution in [0.25, 0.3) is 5.65 Å². The van der Waals surface area contributed by atoms with Gasteiger partial charge in [0, 0.05) is 6.07 Å². The molecule has 0 aliphatic heterocycles. The number of aliphatic hydroxyl groups excluding tert-OH is 1. The van der Waals surface area contributed by atoms with Crippen LogP contribution in [0.3, 0.4) is 0 Å². The van der Waals surface area contributed by atoms with Crippen molar-refractivity contribution in [3.8, 4) is 11.6 Å². The molecule has 0 saturated heterocycles. The number of ether oxygens (including phenoxy) is 1. The molecule has 0 unspecified atom stereocenters. The van der Waals surface area contributed by atoms with Crippen LogP contribution in [0.1, 0.15) is 5.56 Å². The van der Waals surface area contributed by atoms with Gasteiger partial charge in [0.2, 0.25) is 5.88 Å². The highest BCUT2D eigenvalue weighted by Gasteiger charge is 2.03. The quantitative estimate of drug-likeness (QED) is 0.732. The number of benzene rings is 1. The van der Waals surface area contributed by atoms with Gasteiger partial charge in [-0.05, 0) is 34.2 Å². The van der Waals surface area contributed by atoms with Gasteiger partial charge in [-0.15, -0.1) is 14.8 Å². The predicted octanol–water partition coefficient (Wildman–Crippen LogP) is 0.804. The molecule has 7 heteroatoms. The smallest absolute Gasteiger partial charge is 0.239 e. The van der Waals surface area contributed by atoms with Crippen LogP contribution in [0.5, 0.6) is 11.6 Å². The number of rotatable bonds is 3. The molecule has 90 valence electrons. The lowest BCUT2D eigenvalue weighted by molar-refractivity contribution is 0.281. The Morgan fingerprint density at radius 3 is 3.06 bits per heavy atom. The summed E-state index contributed by atoms with van der Waals surface area (Å²) in [5, 5.41) is 24.0.